The molecule has 1 fully saturated rings. The highest BCUT2D eigenvalue weighted by Crippen LogP contribution is 2.29. The molecule has 19 heavy (non-hydrogen) atoms. The third kappa shape index (κ3) is 2.99. The Balaban J connectivity index is 1.71. The lowest BCUT2D eigenvalue weighted by molar-refractivity contribution is -0.0661. The lowest BCUT2D eigenvalue weighted by Crippen LogP contribution is -2.46. The van der Waals surface area contributed by atoms with Gasteiger partial charge in [-0.15, -0.1) is 0 Å². The zero-order chi connectivity index (χ0) is 13.3. The van der Waals surface area contributed by atoms with Crippen molar-refractivity contribution < 1.29 is 9.47 Å². The van der Waals surface area contributed by atoms with Crippen molar-refractivity contribution in [2.24, 2.45) is 0 Å². The second-order valence-corrected chi connectivity index (χ2v) is 6.23. The Morgan fingerprint density at radius 3 is 2.95 bits per heavy atom. The zero-order valence-electron chi connectivity index (χ0n) is 11.8. The lowest BCUT2D eigenvalue weighted by atomic mass is 9.91. The Kier molecular flexibility index (Phi) is 3.61. The molecule has 3 nitrogen and oxygen atoms in total. The van der Waals surface area contributed by atoms with Crippen molar-refractivity contribution in [1.82, 2.24) is 5.32 Å². The van der Waals surface area contributed by atoms with E-state index in [1.807, 2.05) is 0 Å². The normalized spacial score (nSPS) is 29.8. The smallest absolute Gasteiger partial charge is 0.0721 e. The predicted molar refractivity (Wildman–Crippen MR) is 75.0 cm³/mol. The highest BCUT2D eigenvalue weighted by atomic mass is 16.5. The first kappa shape index (κ1) is 13.1. The highest BCUT2D eigenvalue weighted by molar-refractivity contribution is 5.31. The van der Waals surface area contributed by atoms with E-state index in [0.29, 0.717) is 12.1 Å². The molecule has 1 aromatic rings. The molecule has 0 aromatic heterocycles. The highest BCUT2D eigenvalue weighted by Gasteiger charge is 2.31. The summed E-state index contributed by atoms with van der Waals surface area (Å²) in [6, 6.07) is 9.43. The van der Waals surface area contributed by atoms with Crippen LogP contribution >= 0.6 is 0 Å². The van der Waals surface area contributed by atoms with Crippen molar-refractivity contribution in [2.75, 3.05) is 13.2 Å². The molecule has 0 bridgehead atoms. The van der Waals surface area contributed by atoms with Gasteiger partial charge in [0, 0.05) is 12.6 Å². The summed E-state index contributed by atoms with van der Waals surface area (Å²) < 4.78 is 11.5. The number of hydrogen-bond donors (Lipinski definition) is 1. The maximum Gasteiger partial charge on any atom is 0.0721 e. The fourth-order valence-corrected chi connectivity index (χ4v) is 3.18. The van der Waals surface area contributed by atoms with E-state index in [1.54, 1.807) is 0 Å². The molecule has 2 aliphatic rings. The van der Waals surface area contributed by atoms with Gasteiger partial charge in [0.05, 0.1) is 24.9 Å². The number of nitrogens with one attached hydrogen (secondary N) is 1. The van der Waals surface area contributed by atoms with E-state index in [9.17, 15) is 0 Å². The van der Waals surface area contributed by atoms with Gasteiger partial charge in [-0.25, -0.2) is 0 Å². The SMILES string of the molecule is CC1(C)CC(NC2COCc3ccccc32)CCO1. The molecule has 2 aliphatic heterocycles. The molecule has 1 N–H and O–H groups in total. The van der Waals surface area contributed by atoms with Crippen LogP contribution in [0.2, 0.25) is 0 Å². The van der Waals surface area contributed by atoms with Gasteiger partial charge in [0.1, 0.15) is 0 Å². The van der Waals surface area contributed by atoms with Crippen molar-refractivity contribution in [2.45, 2.75) is 51.0 Å². The van der Waals surface area contributed by atoms with Crippen LogP contribution in [0, 0.1) is 0 Å². The molecule has 0 spiro atoms. The summed E-state index contributed by atoms with van der Waals surface area (Å²) in [4.78, 5) is 0. The average Bonchev–Trinajstić information content (AvgIpc) is 2.38. The summed E-state index contributed by atoms with van der Waals surface area (Å²) in [6.45, 7) is 6.71. The molecule has 0 aliphatic carbocycles. The van der Waals surface area contributed by atoms with E-state index in [0.717, 1.165) is 32.7 Å². The summed E-state index contributed by atoms with van der Waals surface area (Å²) in [7, 11) is 0. The number of rotatable bonds is 2. The monoisotopic (exact) mass is 261 g/mol. The second-order valence-electron chi connectivity index (χ2n) is 6.23. The van der Waals surface area contributed by atoms with Crippen molar-refractivity contribution in [3.05, 3.63) is 35.4 Å². The number of benzene rings is 1. The van der Waals surface area contributed by atoms with Gasteiger partial charge in [0.25, 0.3) is 0 Å². The number of hydrogen-bond acceptors (Lipinski definition) is 3. The van der Waals surface area contributed by atoms with E-state index >= 15 is 0 Å². The first-order chi connectivity index (χ1) is 9.14. The van der Waals surface area contributed by atoms with Gasteiger partial charge < -0.3 is 14.8 Å². The Morgan fingerprint density at radius 1 is 1.26 bits per heavy atom. The number of fused-ring (bicyclic) bond motifs is 1. The van der Waals surface area contributed by atoms with E-state index in [2.05, 4.69) is 43.4 Å². The fraction of sp³-hybridized carbons (Fsp3) is 0.625. The largest absolute Gasteiger partial charge is 0.375 e. The van der Waals surface area contributed by atoms with Crippen LogP contribution < -0.4 is 5.32 Å². The van der Waals surface area contributed by atoms with Crippen LogP contribution in [0.1, 0.15) is 43.9 Å². The molecular weight excluding hydrogens is 238 g/mol. The van der Waals surface area contributed by atoms with Gasteiger partial charge in [-0.05, 0) is 37.8 Å². The molecule has 1 aromatic carbocycles. The second kappa shape index (κ2) is 5.23. The van der Waals surface area contributed by atoms with Gasteiger partial charge >= 0.3 is 0 Å². The van der Waals surface area contributed by atoms with Crippen molar-refractivity contribution in [1.29, 1.82) is 0 Å². The molecule has 2 unspecified atom stereocenters. The summed E-state index contributed by atoms with van der Waals surface area (Å²) in [5.41, 5.74) is 2.71. The Morgan fingerprint density at radius 2 is 2.11 bits per heavy atom. The van der Waals surface area contributed by atoms with Crippen LogP contribution in [0.3, 0.4) is 0 Å². The van der Waals surface area contributed by atoms with Gasteiger partial charge in [0.2, 0.25) is 0 Å². The topological polar surface area (TPSA) is 30.5 Å². The third-order valence-electron chi connectivity index (χ3n) is 4.11. The zero-order valence-corrected chi connectivity index (χ0v) is 11.8. The molecule has 104 valence electrons. The average molecular weight is 261 g/mol. The van der Waals surface area contributed by atoms with Crippen LogP contribution in [0.4, 0.5) is 0 Å². The molecule has 2 atom stereocenters. The van der Waals surface area contributed by atoms with Gasteiger partial charge in [-0.2, -0.15) is 0 Å². The maximum absolute atomic E-state index is 5.78. The summed E-state index contributed by atoms with van der Waals surface area (Å²) in [5.74, 6) is 0. The fourth-order valence-electron chi connectivity index (χ4n) is 3.18. The first-order valence-electron chi connectivity index (χ1n) is 7.20. The van der Waals surface area contributed by atoms with Crippen LogP contribution in [0.15, 0.2) is 24.3 Å². The van der Waals surface area contributed by atoms with Gasteiger partial charge in [-0.3, -0.25) is 0 Å². The summed E-state index contributed by atoms with van der Waals surface area (Å²) in [5, 5.41) is 3.76. The van der Waals surface area contributed by atoms with Crippen molar-refractivity contribution in [3.8, 4) is 0 Å². The van der Waals surface area contributed by atoms with Gasteiger partial charge in [-0.1, -0.05) is 24.3 Å². The van der Waals surface area contributed by atoms with E-state index in [-0.39, 0.29) is 5.60 Å². The molecule has 1 saturated heterocycles. The minimum absolute atomic E-state index is 0.00897. The van der Waals surface area contributed by atoms with Crippen LogP contribution in [0.5, 0.6) is 0 Å². The van der Waals surface area contributed by atoms with Crippen LogP contribution in [0.25, 0.3) is 0 Å². The van der Waals surface area contributed by atoms with E-state index < -0.39 is 0 Å². The van der Waals surface area contributed by atoms with Crippen LogP contribution in [-0.4, -0.2) is 24.9 Å². The number of ether oxygens (including phenoxy) is 2. The summed E-state index contributed by atoms with van der Waals surface area (Å²) >= 11 is 0. The van der Waals surface area contributed by atoms with Crippen molar-refractivity contribution >= 4 is 0 Å². The quantitative estimate of drug-likeness (QED) is 0.888. The molecule has 0 radical (unpaired) electrons. The Labute approximate surface area is 115 Å². The molecule has 0 saturated carbocycles. The van der Waals surface area contributed by atoms with E-state index in [1.165, 1.54) is 11.1 Å². The van der Waals surface area contributed by atoms with Crippen LogP contribution in [-0.2, 0) is 16.1 Å². The molecule has 3 rings (SSSR count). The molecule has 0 amide bonds. The lowest BCUT2D eigenvalue weighted by Gasteiger charge is -2.38. The van der Waals surface area contributed by atoms with E-state index in [4.69, 9.17) is 9.47 Å². The maximum atomic E-state index is 5.78. The Hall–Kier alpha value is -0.900. The third-order valence-corrected chi connectivity index (χ3v) is 4.11. The van der Waals surface area contributed by atoms with Crippen molar-refractivity contribution in [3.63, 3.8) is 0 Å². The molecular formula is C16H23NO2. The van der Waals surface area contributed by atoms with Gasteiger partial charge in [0.15, 0.2) is 0 Å². The first-order valence-corrected chi connectivity index (χ1v) is 7.20. The molecule has 2 heterocycles. The minimum atomic E-state index is -0.00897. The predicted octanol–water partition coefficient (Wildman–Crippen LogP) is 2.81. The minimum Gasteiger partial charge on any atom is -0.375 e. The standard InChI is InChI=1S/C16H23NO2/c1-16(2)9-13(7-8-19-16)17-15-11-18-10-12-5-3-4-6-14(12)15/h3-6,13,15,17H,7-11H2,1-2H3. The summed E-state index contributed by atoms with van der Waals surface area (Å²) in [6.07, 6.45) is 2.15. The Bertz CT molecular complexity index is 444. The molecule has 3 heteroatoms.